The molecule has 3 aromatic rings. The van der Waals surface area contributed by atoms with Gasteiger partial charge in [-0.3, -0.25) is 0 Å². The van der Waals surface area contributed by atoms with Crippen molar-refractivity contribution in [2.45, 2.75) is 43.4 Å². The molecule has 2 fully saturated rings. The summed E-state index contributed by atoms with van der Waals surface area (Å²) in [5.74, 6) is 0.504. The second kappa shape index (κ2) is 8.35. The van der Waals surface area contributed by atoms with E-state index in [4.69, 9.17) is 0 Å². The van der Waals surface area contributed by atoms with Gasteiger partial charge in [-0.2, -0.15) is 0 Å². The fraction of sp³-hybridized carbons (Fsp3) is 0.357. The van der Waals surface area contributed by atoms with Crippen molar-refractivity contribution in [1.82, 2.24) is 4.90 Å². The van der Waals surface area contributed by atoms with Crippen LogP contribution in [0, 0.1) is 5.82 Å². The van der Waals surface area contributed by atoms with Crippen LogP contribution >= 0.6 is 0 Å². The Bertz CT molecular complexity index is 950. The Kier molecular flexibility index (Phi) is 5.43. The van der Waals surface area contributed by atoms with E-state index >= 15 is 0 Å². The Balaban J connectivity index is 1.15. The first kappa shape index (κ1) is 19.5. The molecule has 0 N–H and O–H groups in total. The summed E-state index contributed by atoms with van der Waals surface area (Å²) in [6, 6.07) is 27.1. The summed E-state index contributed by atoms with van der Waals surface area (Å²) in [4.78, 5) is 2.69. The largest absolute Gasteiger partial charge is 0.302 e. The van der Waals surface area contributed by atoms with E-state index in [-0.39, 0.29) is 5.82 Å². The molecule has 2 heteroatoms. The van der Waals surface area contributed by atoms with Crippen molar-refractivity contribution < 1.29 is 4.39 Å². The molecule has 0 aromatic heterocycles. The highest BCUT2D eigenvalue weighted by Gasteiger charge is 2.45. The average Bonchev–Trinajstić information content (AvgIpc) is 3.58. The van der Waals surface area contributed by atoms with Gasteiger partial charge >= 0.3 is 0 Å². The molecule has 1 heterocycles. The van der Waals surface area contributed by atoms with Crippen molar-refractivity contribution >= 4 is 0 Å². The van der Waals surface area contributed by atoms with Gasteiger partial charge in [-0.1, -0.05) is 66.7 Å². The topological polar surface area (TPSA) is 3.24 Å². The second-order valence-electron chi connectivity index (χ2n) is 9.24. The zero-order valence-electron chi connectivity index (χ0n) is 17.6. The number of hydrogen-bond acceptors (Lipinski definition) is 1. The molecule has 0 bridgehead atoms. The zero-order chi connectivity index (χ0) is 20.4. The molecule has 5 rings (SSSR count). The smallest absolute Gasteiger partial charge is 0.123 e. The minimum atomic E-state index is -0.170. The van der Waals surface area contributed by atoms with E-state index in [9.17, 15) is 4.39 Å². The average molecular weight is 400 g/mol. The number of piperidine rings is 1. The molecule has 1 aliphatic carbocycles. The van der Waals surface area contributed by atoms with E-state index in [1.165, 1.54) is 62.0 Å². The Labute approximate surface area is 179 Å². The maximum absolute atomic E-state index is 13.1. The third-order valence-electron chi connectivity index (χ3n) is 7.13. The molecule has 3 aromatic carbocycles. The molecule has 0 amide bonds. The lowest BCUT2D eigenvalue weighted by atomic mass is 9.87. The first-order valence-electron chi connectivity index (χ1n) is 11.3. The van der Waals surface area contributed by atoms with Crippen LogP contribution in [0.5, 0.6) is 0 Å². The summed E-state index contributed by atoms with van der Waals surface area (Å²) in [6.07, 6.45) is 6.05. The van der Waals surface area contributed by atoms with E-state index < -0.39 is 0 Å². The van der Waals surface area contributed by atoms with Gasteiger partial charge in [-0.25, -0.2) is 4.39 Å². The monoisotopic (exact) mass is 399 g/mol. The van der Waals surface area contributed by atoms with Crippen LogP contribution in [0.4, 0.5) is 4.39 Å². The van der Waals surface area contributed by atoms with Gasteiger partial charge in [0.05, 0.1) is 0 Å². The molecule has 0 spiro atoms. The van der Waals surface area contributed by atoms with E-state index in [1.54, 1.807) is 12.1 Å². The molecular weight excluding hydrogens is 369 g/mol. The fourth-order valence-corrected chi connectivity index (χ4v) is 5.08. The summed E-state index contributed by atoms with van der Waals surface area (Å²) in [6.45, 7) is 3.63. The van der Waals surface area contributed by atoms with Crippen LogP contribution in [0.25, 0.3) is 0 Å². The molecule has 30 heavy (non-hydrogen) atoms. The highest BCUT2D eigenvalue weighted by Crippen LogP contribution is 2.49. The van der Waals surface area contributed by atoms with E-state index in [1.807, 2.05) is 12.1 Å². The molecule has 1 aliphatic heterocycles. The highest BCUT2D eigenvalue weighted by atomic mass is 19.1. The van der Waals surface area contributed by atoms with Crippen LogP contribution in [0.3, 0.4) is 0 Å². The fourth-order valence-electron chi connectivity index (χ4n) is 5.08. The van der Waals surface area contributed by atoms with Gasteiger partial charge in [-0.15, -0.1) is 0 Å². The molecule has 1 saturated carbocycles. The zero-order valence-corrected chi connectivity index (χ0v) is 17.6. The quantitative estimate of drug-likeness (QED) is 0.468. The Hall–Kier alpha value is -2.45. The van der Waals surface area contributed by atoms with Gasteiger partial charge in [0.1, 0.15) is 5.82 Å². The lowest BCUT2D eigenvalue weighted by Gasteiger charge is -2.35. The standard InChI is InChI=1S/C28H30FN/c29-27-12-8-23(9-13-27)20-22-6-10-24(11-7-22)25-14-18-30(19-15-25)21-28(16-17-28)26-4-2-1-3-5-26/h1-13,25H,14-21H2. The van der Waals surface area contributed by atoms with Gasteiger partial charge < -0.3 is 4.90 Å². The predicted molar refractivity (Wildman–Crippen MR) is 121 cm³/mol. The molecule has 154 valence electrons. The summed E-state index contributed by atoms with van der Waals surface area (Å²) in [5, 5.41) is 0. The third kappa shape index (κ3) is 4.34. The van der Waals surface area contributed by atoms with E-state index in [0.29, 0.717) is 11.3 Å². The van der Waals surface area contributed by atoms with Gasteiger partial charge in [0.25, 0.3) is 0 Å². The van der Waals surface area contributed by atoms with Gasteiger partial charge in [0.2, 0.25) is 0 Å². The lowest BCUT2D eigenvalue weighted by molar-refractivity contribution is 0.195. The Morgan fingerprint density at radius 1 is 0.767 bits per heavy atom. The van der Waals surface area contributed by atoms with Crippen molar-refractivity contribution in [3.05, 3.63) is 107 Å². The first-order chi connectivity index (χ1) is 14.7. The summed E-state index contributed by atoms with van der Waals surface area (Å²) in [5.41, 5.74) is 5.88. The number of rotatable bonds is 6. The van der Waals surface area contributed by atoms with E-state index in [0.717, 1.165) is 12.0 Å². The minimum absolute atomic E-state index is 0.170. The van der Waals surface area contributed by atoms with Crippen LogP contribution in [0.2, 0.25) is 0 Å². The molecule has 1 saturated heterocycles. The van der Waals surface area contributed by atoms with Crippen molar-refractivity contribution in [2.24, 2.45) is 0 Å². The summed E-state index contributed by atoms with van der Waals surface area (Å²) < 4.78 is 13.1. The van der Waals surface area contributed by atoms with Crippen LogP contribution in [-0.4, -0.2) is 24.5 Å². The van der Waals surface area contributed by atoms with Gasteiger partial charge in [-0.05, 0) is 85.5 Å². The SMILES string of the molecule is Fc1ccc(Cc2ccc(C3CCN(CC4(c5ccccc5)CC4)CC3)cc2)cc1. The van der Waals surface area contributed by atoms with Crippen LogP contribution < -0.4 is 0 Å². The van der Waals surface area contributed by atoms with Gasteiger partial charge in [0.15, 0.2) is 0 Å². The molecule has 0 radical (unpaired) electrons. The van der Waals surface area contributed by atoms with E-state index in [2.05, 4.69) is 59.5 Å². The molecule has 0 unspecified atom stereocenters. The van der Waals surface area contributed by atoms with Crippen LogP contribution in [-0.2, 0) is 11.8 Å². The van der Waals surface area contributed by atoms with Gasteiger partial charge in [0, 0.05) is 12.0 Å². The number of benzene rings is 3. The second-order valence-corrected chi connectivity index (χ2v) is 9.24. The minimum Gasteiger partial charge on any atom is -0.302 e. The number of likely N-dealkylation sites (tertiary alicyclic amines) is 1. The Morgan fingerprint density at radius 3 is 1.97 bits per heavy atom. The maximum atomic E-state index is 13.1. The normalized spacial score (nSPS) is 19.0. The number of hydrogen-bond donors (Lipinski definition) is 0. The Morgan fingerprint density at radius 2 is 1.37 bits per heavy atom. The molecule has 2 aliphatic rings. The molecular formula is C28H30FN. The first-order valence-corrected chi connectivity index (χ1v) is 11.3. The molecule has 1 nitrogen and oxygen atoms in total. The number of halogens is 1. The molecule has 0 atom stereocenters. The number of nitrogens with zero attached hydrogens (tertiary/aromatic N) is 1. The van der Waals surface area contributed by atoms with Crippen molar-refractivity contribution in [2.75, 3.05) is 19.6 Å². The third-order valence-corrected chi connectivity index (χ3v) is 7.13. The van der Waals surface area contributed by atoms with Crippen molar-refractivity contribution in [1.29, 1.82) is 0 Å². The predicted octanol–water partition coefficient (Wildman–Crippen LogP) is 6.33. The summed E-state index contributed by atoms with van der Waals surface area (Å²) in [7, 11) is 0. The van der Waals surface area contributed by atoms with Crippen LogP contribution in [0.15, 0.2) is 78.9 Å². The highest BCUT2D eigenvalue weighted by molar-refractivity contribution is 5.32. The van der Waals surface area contributed by atoms with Crippen molar-refractivity contribution in [3.8, 4) is 0 Å². The van der Waals surface area contributed by atoms with Crippen LogP contribution in [0.1, 0.15) is 53.9 Å². The summed E-state index contributed by atoms with van der Waals surface area (Å²) >= 11 is 0. The van der Waals surface area contributed by atoms with Crippen molar-refractivity contribution in [3.63, 3.8) is 0 Å². The lowest BCUT2D eigenvalue weighted by Crippen LogP contribution is -2.38. The maximum Gasteiger partial charge on any atom is 0.123 e.